The van der Waals surface area contributed by atoms with E-state index < -0.39 is 0 Å². The molecule has 2 aliphatic heterocycles. The Hall–Kier alpha value is -2.99. The molecule has 2 aliphatic rings. The Morgan fingerprint density at radius 1 is 1.18 bits per heavy atom. The Bertz CT molecular complexity index is 1080. The smallest absolute Gasteiger partial charge is 0.223 e. The molecular weight excluding hydrogens is 372 g/mol. The van der Waals surface area contributed by atoms with E-state index in [-0.39, 0.29) is 18.0 Å². The standard InChI is InChI=1S/C22H20N2O3S/c1-13-10-11-28-21(13)22-24-17(15-7-5-9-19(26-2)20(15)27-22)12-16(23-24)14-6-3-4-8-18(14)25/h3-11,17,22,25H,12H2,1-2H3/t17-,22-/m0/s1. The number of ether oxygens (including phenoxy) is 2. The minimum atomic E-state index is -0.322. The molecule has 5 rings (SSSR count). The molecule has 0 radical (unpaired) electrons. The molecule has 0 fully saturated rings. The van der Waals surface area contributed by atoms with Gasteiger partial charge in [-0.15, -0.1) is 11.3 Å². The van der Waals surface area contributed by atoms with Crippen LogP contribution < -0.4 is 9.47 Å². The van der Waals surface area contributed by atoms with Gasteiger partial charge in [0.2, 0.25) is 6.23 Å². The van der Waals surface area contributed by atoms with Crippen molar-refractivity contribution in [3.63, 3.8) is 0 Å². The number of aryl methyl sites for hydroxylation is 1. The van der Waals surface area contributed by atoms with E-state index in [0.717, 1.165) is 33.2 Å². The predicted molar refractivity (Wildman–Crippen MR) is 109 cm³/mol. The van der Waals surface area contributed by atoms with E-state index in [1.807, 2.05) is 35.3 Å². The highest BCUT2D eigenvalue weighted by atomic mass is 32.1. The highest BCUT2D eigenvalue weighted by Gasteiger charge is 2.43. The molecule has 0 saturated heterocycles. The Kier molecular flexibility index (Phi) is 4.02. The second-order valence-corrected chi connectivity index (χ2v) is 7.93. The van der Waals surface area contributed by atoms with Crippen LogP contribution in [-0.4, -0.2) is 22.9 Å². The van der Waals surface area contributed by atoms with E-state index in [0.29, 0.717) is 6.42 Å². The van der Waals surface area contributed by atoms with Gasteiger partial charge in [-0.3, -0.25) is 0 Å². The van der Waals surface area contributed by atoms with Gasteiger partial charge in [-0.1, -0.05) is 24.3 Å². The van der Waals surface area contributed by atoms with Crippen LogP contribution in [0.25, 0.3) is 0 Å². The number of hydrazone groups is 1. The fraction of sp³-hybridized carbons (Fsp3) is 0.227. The minimum absolute atomic E-state index is 0.0277. The van der Waals surface area contributed by atoms with Crippen LogP contribution in [0.3, 0.4) is 0 Å². The van der Waals surface area contributed by atoms with E-state index in [1.165, 1.54) is 5.56 Å². The van der Waals surface area contributed by atoms with Gasteiger partial charge >= 0.3 is 0 Å². The zero-order valence-electron chi connectivity index (χ0n) is 15.6. The first-order chi connectivity index (χ1) is 13.7. The summed E-state index contributed by atoms with van der Waals surface area (Å²) in [6.07, 6.45) is 0.374. The molecule has 0 saturated carbocycles. The summed E-state index contributed by atoms with van der Waals surface area (Å²) in [5.74, 6) is 1.75. The molecule has 0 amide bonds. The molecule has 2 atom stereocenters. The van der Waals surface area contributed by atoms with Crippen molar-refractivity contribution in [2.45, 2.75) is 25.6 Å². The number of fused-ring (bicyclic) bond motifs is 3. The van der Waals surface area contributed by atoms with E-state index in [1.54, 1.807) is 24.5 Å². The summed E-state index contributed by atoms with van der Waals surface area (Å²) in [7, 11) is 1.66. The summed E-state index contributed by atoms with van der Waals surface area (Å²) in [5.41, 5.74) is 3.86. The lowest BCUT2D eigenvalue weighted by molar-refractivity contribution is -0.0188. The first kappa shape index (κ1) is 17.1. The number of methoxy groups -OCH3 is 1. The van der Waals surface area contributed by atoms with Crippen molar-refractivity contribution in [1.82, 2.24) is 5.01 Å². The monoisotopic (exact) mass is 392 g/mol. The number of benzene rings is 2. The van der Waals surface area contributed by atoms with E-state index in [9.17, 15) is 5.11 Å². The fourth-order valence-electron chi connectivity index (χ4n) is 3.94. The van der Waals surface area contributed by atoms with Crippen LogP contribution in [0.4, 0.5) is 0 Å². The maximum absolute atomic E-state index is 10.3. The van der Waals surface area contributed by atoms with Crippen molar-refractivity contribution in [1.29, 1.82) is 0 Å². The lowest BCUT2D eigenvalue weighted by atomic mass is 9.95. The third-order valence-corrected chi connectivity index (χ3v) is 6.39. The molecule has 28 heavy (non-hydrogen) atoms. The molecule has 5 nitrogen and oxygen atoms in total. The van der Waals surface area contributed by atoms with Gasteiger partial charge in [0.05, 0.1) is 23.7 Å². The van der Waals surface area contributed by atoms with Gasteiger partial charge in [0.25, 0.3) is 0 Å². The lowest BCUT2D eigenvalue weighted by Gasteiger charge is -2.38. The number of rotatable bonds is 3. The van der Waals surface area contributed by atoms with Gasteiger partial charge in [0, 0.05) is 17.5 Å². The topological polar surface area (TPSA) is 54.3 Å². The fourth-order valence-corrected chi connectivity index (χ4v) is 4.88. The minimum Gasteiger partial charge on any atom is -0.507 e. The summed E-state index contributed by atoms with van der Waals surface area (Å²) in [6, 6.07) is 15.4. The van der Waals surface area contributed by atoms with Gasteiger partial charge in [-0.25, -0.2) is 5.01 Å². The molecule has 0 unspecified atom stereocenters. The van der Waals surface area contributed by atoms with Crippen molar-refractivity contribution in [3.05, 3.63) is 75.5 Å². The summed E-state index contributed by atoms with van der Waals surface area (Å²) in [6.45, 7) is 2.09. The molecule has 1 N–H and O–H groups in total. The van der Waals surface area contributed by atoms with Crippen LogP contribution in [-0.2, 0) is 0 Å². The highest BCUT2D eigenvalue weighted by Crippen LogP contribution is 2.51. The number of phenolic OH excluding ortho intramolecular Hbond substituents is 1. The third-order valence-electron chi connectivity index (χ3n) is 5.34. The SMILES string of the molecule is COc1cccc2c1O[C@@H](c1sccc1C)N1N=C(c3ccccc3O)C[C@@H]21. The second-order valence-electron chi connectivity index (χ2n) is 6.98. The molecule has 3 aromatic rings. The number of thiophene rings is 1. The number of hydrogen-bond donors (Lipinski definition) is 1. The Balaban J connectivity index is 1.65. The number of phenols is 1. The van der Waals surface area contributed by atoms with Crippen molar-refractivity contribution in [3.8, 4) is 17.2 Å². The molecular formula is C22H20N2O3S. The van der Waals surface area contributed by atoms with Crippen LogP contribution >= 0.6 is 11.3 Å². The highest BCUT2D eigenvalue weighted by molar-refractivity contribution is 7.10. The van der Waals surface area contributed by atoms with Crippen molar-refractivity contribution in [2.24, 2.45) is 5.10 Å². The Labute approximate surface area is 167 Å². The number of aromatic hydroxyl groups is 1. The molecule has 0 bridgehead atoms. The van der Waals surface area contributed by atoms with Gasteiger partial charge in [-0.05, 0) is 42.1 Å². The Morgan fingerprint density at radius 2 is 2.04 bits per heavy atom. The normalized spacial score (nSPS) is 20.2. The van der Waals surface area contributed by atoms with Gasteiger partial charge in [-0.2, -0.15) is 5.10 Å². The van der Waals surface area contributed by atoms with Crippen LogP contribution in [0.5, 0.6) is 17.2 Å². The maximum atomic E-state index is 10.3. The zero-order chi connectivity index (χ0) is 19.3. The molecule has 0 aliphatic carbocycles. The summed E-state index contributed by atoms with van der Waals surface area (Å²) in [5, 5.41) is 19.3. The summed E-state index contributed by atoms with van der Waals surface area (Å²) >= 11 is 1.67. The lowest BCUT2D eigenvalue weighted by Crippen LogP contribution is -2.33. The molecule has 6 heteroatoms. The van der Waals surface area contributed by atoms with Crippen molar-refractivity contribution in [2.75, 3.05) is 7.11 Å². The summed E-state index contributed by atoms with van der Waals surface area (Å²) < 4.78 is 12.0. The maximum Gasteiger partial charge on any atom is 0.223 e. The summed E-state index contributed by atoms with van der Waals surface area (Å²) in [4.78, 5) is 1.13. The predicted octanol–water partition coefficient (Wildman–Crippen LogP) is 5.01. The van der Waals surface area contributed by atoms with Crippen LogP contribution in [0.1, 0.15) is 40.3 Å². The number of nitrogens with zero attached hydrogens (tertiary/aromatic N) is 2. The van der Waals surface area contributed by atoms with E-state index >= 15 is 0 Å². The Morgan fingerprint density at radius 3 is 2.79 bits per heavy atom. The average molecular weight is 392 g/mol. The third kappa shape index (κ3) is 2.56. The largest absolute Gasteiger partial charge is 0.507 e. The van der Waals surface area contributed by atoms with Crippen LogP contribution in [0.2, 0.25) is 0 Å². The number of hydrogen-bond acceptors (Lipinski definition) is 6. The number of para-hydroxylation sites is 2. The van der Waals surface area contributed by atoms with Gasteiger partial charge in [0.1, 0.15) is 5.75 Å². The van der Waals surface area contributed by atoms with Crippen molar-refractivity contribution < 1.29 is 14.6 Å². The quantitative estimate of drug-likeness (QED) is 0.680. The van der Waals surface area contributed by atoms with Crippen molar-refractivity contribution >= 4 is 17.0 Å². The van der Waals surface area contributed by atoms with Gasteiger partial charge in [0.15, 0.2) is 11.5 Å². The molecule has 142 valence electrons. The first-order valence-electron chi connectivity index (χ1n) is 9.19. The van der Waals surface area contributed by atoms with E-state index in [4.69, 9.17) is 14.6 Å². The van der Waals surface area contributed by atoms with E-state index in [2.05, 4.69) is 24.4 Å². The molecule has 2 aromatic carbocycles. The second kappa shape index (κ2) is 6.56. The van der Waals surface area contributed by atoms with Crippen LogP contribution in [0, 0.1) is 6.92 Å². The molecule has 1 aromatic heterocycles. The first-order valence-corrected chi connectivity index (χ1v) is 10.1. The molecule has 0 spiro atoms. The van der Waals surface area contributed by atoms with Gasteiger partial charge < -0.3 is 14.6 Å². The average Bonchev–Trinajstić information content (AvgIpc) is 3.34. The zero-order valence-corrected chi connectivity index (χ0v) is 16.4. The molecule has 3 heterocycles. The van der Waals surface area contributed by atoms with Crippen LogP contribution in [0.15, 0.2) is 59.0 Å².